The molecule has 1 aliphatic carbocycles. The zero-order chi connectivity index (χ0) is 15.7. The first kappa shape index (κ1) is 15.3. The van der Waals surface area contributed by atoms with E-state index in [-0.39, 0.29) is 18.1 Å². The molecule has 3 rings (SSSR count). The van der Waals surface area contributed by atoms with Crippen molar-refractivity contribution in [3.63, 3.8) is 0 Å². The third-order valence-corrected chi connectivity index (χ3v) is 4.35. The zero-order valence-electron chi connectivity index (χ0n) is 13.7. The Morgan fingerprint density at radius 1 is 1.23 bits per heavy atom. The summed E-state index contributed by atoms with van der Waals surface area (Å²) < 4.78 is 5.45. The number of hydrogen-bond donors (Lipinski definition) is 0. The van der Waals surface area contributed by atoms with E-state index in [1.807, 2.05) is 19.3 Å². The van der Waals surface area contributed by atoms with Gasteiger partial charge in [0.15, 0.2) is 0 Å². The van der Waals surface area contributed by atoms with Crippen molar-refractivity contribution in [2.24, 2.45) is 5.92 Å². The highest BCUT2D eigenvalue weighted by molar-refractivity contribution is 5.69. The van der Waals surface area contributed by atoms with Gasteiger partial charge < -0.3 is 9.64 Å². The lowest BCUT2D eigenvalue weighted by Gasteiger charge is -2.37. The molecule has 1 amide bonds. The Morgan fingerprint density at radius 3 is 2.41 bits per heavy atom. The molecule has 0 bridgehead atoms. The van der Waals surface area contributed by atoms with Crippen LogP contribution < -0.4 is 0 Å². The smallest absolute Gasteiger partial charge is 0.410 e. The van der Waals surface area contributed by atoms with Gasteiger partial charge in [0.2, 0.25) is 0 Å². The van der Waals surface area contributed by atoms with Crippen molar-refractivity contribution < 1.29 is 9.53 Å². The molecule has 1 saturated heterocycles. The summed E-state index contributed by atoms with van der Waals surface area (Å²) in [5, 5.41) is 0. The van der Waals surface area contributed by atoms with Gasteiger partial charge in [-0.15, -0.1) is 0 Å². The van der Waals surface area contributed by atoms with Crippen molar-refractivity contribution in [1.82, 2.24) is 14.9 Å². The van der Waals surface area contributed by atoms with Crippen molar-refractivity contribution in [3.05, 3.63) is 23.8 Å². The number of carbonyl (C=O) groups excluding carboxylic acids is 1. The van der Waals surface area contributed by atoms with Crippen molar-refractivity contribution in [3.8, 4) is 0 Å². The van der Waals surface area contributed by atoms with Crippen molar-refractivity contribution >= 4 is 6.09 Å². The fourth-order valence-electron chi connectivity index (χ4n) is 2.94. The largest absolute Gasteiger partial charge is 0.446 e. The van der Waals surface area contributed by atoms with Gasteiger partial charge >= 0.3 is 6.09 Å². The maximum absolute atomic E-state index is 12.0. The Bertz CT molecular complexity index is 519. The number of aromatic nitrogens is 2. The van der Waals surface area contributed by atoms with Crippen LogP contribution in [0.1, 0.15) is 63.3 Å². The number of rotatable bonds is 5. The molecule has 1 aliphatic heterocycles. The van der Waals surface area contributed by atoms with Crippen molar-refractivity contribution in [2.75, 3.05) is 13.1 Å². The predicted octanol–water partition coefficient (Wildman–Crippen LogP) is 3.32. The Labute approximate surface area is 132 Å². The van der Waals surface area contributed by atoms with Gasteiger partial charge in [0.1, 0.15) is 11.9 Å². The monoisotopic (exact) mass is 303 g/mol. The number of ether oxygens (including phenoxy) is 1. The highest BCUT2D eigenvalue weighted by Gasteiger charge is 2.35. The van der Waals surface area contributed by atoms with Crippen LogP contribution in [0.15, 0.2) is 12.4 Å². The first-order valence-corrected chi connectivity index (χ1v) is 8.30. The van der Waals surface area contributed by atoms with Gasteiger partial charge in [0, 0.05) is 25.5 Å². The van der Waals surface area contributed by atoms with Gasteiger partial charge in [-0.3, -0.25) is 0 Å². The molecule has 0 aromatic carbocycles. The highest BCUT2D eigenvalue weighted by atomic mass is 16.6. The Morgan fingerprint density at radius 2 is 1.86 bits per heavy atom. The predicted molar refractivity (Wildman–Crippen MR) is 83.7 cm³/mol. The van der Waals surface area contributed by atoms with Gasteiger partial charge in [-0.05, 0) is 43.6 Å². The number of nitrogens with zero attached hydrogens (tertiary/aromatic N) is 3. The molecular weight excluding hydrogens is 278 g/mol. The summed E-state index contributed by atoms with van der Waals surface area (Å²) in [7, 11) is 0. The van der Waals surface area contributed by atoms with Gasteiger partial charge in [0.25, 0.3) is 0 Å². The molecule has 1 aromatic rings. The van der Waals surface area contributed by atoms with Gasteiger partial charge in [-0.2, -0.15) is 0 Å². The van der Waals surface area contributed by atoms with Crippen LogP contribution in [0.5, 0.6) is 0 Å². The van der Waals surface area contributed by atoms with Gasteiger partial charge in [-0.25, -0.2) is 14.8 Å². The number of hydrogen-bond acceptors (Lipinski definition) is 4. The molecule has 120 valence electrons. The van der Waals surface area contributed by atoms with E-state index in [4.69, 9.17) is 4.74 Å². The molecule has 1 unspecified atom stereocenters. The summed E-state index contributed by atoms with van der Waals surface area (Å²) in [6.45, 7) is 7.54. The SMILES string of the molecule is CC(C)CC(C)OC(=O)N1CC(c2ncc(C3CC3)cn2)C1. The average Bonchev–Trinajstić information content (AvgIpc) is 3.20. The molecule has 22 heavy (non-hydrogen) atoms. The van der Waals surface area contributed by atoms with Crippen LogP contribution in [0.2, 0.25) is 0 Å². The fraction of sp³-hybridized carbons (Fsp3) is 0.706. The summed E-state index contributed by atoms with van der Waals surface area (Å²) >= 11 is 0. The van der Waals surface area contributed by atoms with E-state index < -0.39 is 0 Å². The molecule has 1 saturated carbocycles. The van der Waals surface area contributed by atoms with E-state index in [0.29, 0.717) is 24.9 Å². The normalized spacial score (nSPS) is 19.9. The average molecular weight is 303 g/mol. The van der Waals surface area contributed by atoms with Crippen LogP contribution in [0, 0.1) is 5.92 Å². The number of amides is 1. The third-order valence-electron chi connectivity index (χ3n) is 4.35. The van der Waals surface area contributed by atoms with Crippen molar-refractivity contribution in [2.45, 2.75) is 58.0 Å². The molecular formula is C17H25N3O2. The Hall–Kier alpha value is -1.65. The highest BCUT2D eigenvalue weighted by Crippen LogP contribution is 2.39. The maximum Gasteiger partial charge on any atom is 0.410 e. The van der Waals surface area contributed by atoms with E-state index in [9.17, 15) is 4.79 Å². The Balaban J connectivity index is 1.45. The van der Waals surface area contributed by atoms with E-state index in [0.717, 1.165) is 12.2 Å². The molecule has 5 heteroatoms. The van der Waals surface area contributed by atoms with Crippen molar-refractivity contribution in [1.29, 1.82) is 0 Å². The lowest BCUT2D eigenvalue weighted by molar-refractivity contribution is 0.0382. The van der Waals surface area contributed by atoms with Gasteiger partial charge in [-0.1, -0.05) is 13.8 Å². The van der Waals surface area contributed by atoms with Gasteiger partial charge in [0.05, 0.1) is 5.92 Å². The lowest BCUT2D eigenvalue weighted by Crippen LogP contribution is -2.49. The summed E-state index contributed by atoms with van der Waals surface area (Å²) in [6, 6.07) is 0. The van der Waals surface area contributed by atoms with E-state index in [1.54, 1.807) is 4.90 Å². The van der Waals surface area contributed by atoms with Crippen LogP contribution in [0.3, 0.4) is 0 Å². The molecule has 0 N–H and O–H groups in total. The zero-order valence-corrected chi connectivity index (χ0v) is 13.7. The van der Waals surface area contributed by atoms with E-state index in [1.165, 1.54) is 18.4 Å². The van der Waals surface area contributed by atoms with Crippen LogP contribution >= 0.6 is 0 Å². The minimum Gasteiger partial charge on any atom is -0.446 e. The number of likely N-dealkylation sites (tertiary alicyclic amines) is 1. The standard InChI is InChI=1S/C17H25N3O2/c1-11(2)6-12(3)22-17(21)20-9-15(10-20)16-18-7-14(8-19-16)13-4-5-13/h7-8,11-13,15H,4-6,9-10H2,1-3H3. The molecule has 1 aromatic heterocycles. The summed E-state index contributed by atoms with van der Waals surface area (Å²) in [5.74, 6) is 2.32. The second-order valence-electron chi connectivity index (χ2n) is 7.07. The molecule has 2 heterocycles. The summed E-state index contributed by atoms with van der Waals surface area (Å²) in [5.41, 5.74) is 1.25. The first-order chi connectivity index (χ1) is 10.5. The van der Waals surface area contributed by atoms with Crippen LogP contribution in [-0.2, 0) is 4.74 Å². The molecule has 5 nitrogen and oxygen atoms in total. The minimum atomic E-state index is -0.209. The van der Waals surface area contributed by atoms with E-state index in [2.05, 4.69) is 23.8 Å². The molecule has 2 fully saturated rings. The number of carbonyl (C=O) groups is 1. The maximum atomic E-state index is 12.0. The molecule has 1 atom stereocenters. The second-order valence-corrected chi connectivity index (χ2v) is 7.07. The third kappa shape index (κ3) is 3.57. The lowest BCUT2D eigenvalue weighted by atomic mass is 10.00. The molecule has 0 spiro atoms. The summed E-state index contributed by atoms with van der Waals surface area (Å²) in [4.78, 5) is 22.7. The summed E-state index contributed by atoms with van der Waals surface area (Å²) in [6.07, 6.45) is 7.09. The quantitative estimate of drug-likeness (QED) is 0.837. The second kappa shape index (κ2) is 6.23. The van der Waals surface area contributed by atoms with E-state index >= 15 is 0 Å². The topological polar surface area (TPSA) is 55.3 Å². The Kier molecular flexibility index (Phi) is 4.32. The van der Waals surface area contributed by atoms with Crippen LogP contribution in [-0.4, -0.2) is 40.2 Å². The minimum absolute atomic E-state index is 0.0272. The van der Waals surface area contributed by atoms with Crippen LogP contribution in [0.4, 0.5) is 4.79 Å². The molecule has 2 aliphatic rings. The molecule has 0 radical (unpaired) electrons. The fourth-order valence-corrected chi connectivity index (χ4v) is 2.94. The van der Waals surface area contributed by atoms with Crippen LogP contribution in [0.25, 0.3) is 0 Å². The first-order valence-electron chi connectivity index (χ1n) is 8.30.